The number of nitrogens with one attached hydrogen (secondary N) is 1. The fraction of sp³-hybridized carbons (Fsp3) is 0.667. The van der Waals surface area contributed by atoms with Crippen molar-refractivity contribution in [3.8, 4) is 0 Å². The van der Waals surface area contributed by atoms with Gasteiger partial charge in [0.1, 0.15) is 5.72 Å². The van der Waals surface area contributed by atoms with Crippen LogP contribution in [0.1, 0.15) is 20.8 Å². The number of nitrogens with zero attached hydrogens (tertiary/aromatic N) is 2. The summed E-state index contributed by atoms with van der Waals surface area (Å²) in [5.74, 6) is 0. The van der Waals surface area contributed by atoms with Crippen LogP contribution < -0.4 is 5.43 Å². The summed E-state index contributed by atoms with van der Waals surface area (Å²) in [7, 11) is 0. The quantitative estimate of drug-likeness (QED) is 0.681. The molecule has 0 saturated carbocycles. The Hall–Kier alpha value is -0.920. The summed E-state index contributed by atoms with van der Waals surface area (Å²) in [6.45, 7) is 5.66. The number of hydrazine groups is 1. The Kier molecular flexibility index (Phi) is 2.56. The minimum absolute atomic E-state index is 0.327. The van der Waals surface area contributed by atoms with E-state index < -0.39 is 17.5 Å². The zero-order valence-electron chi connectivity index (χ0n) is 9.43. The average molecular weight is 245 g/mol. The van der Waals surface area contributed by atoms with Crippen LogP contribution in [0.15, 0.2) is 11.6 Å². The number of ether oxygens (including phenoxy) is 1. The molecule has 16 heavy (non-hydrogen) atoms. The van der Waals surface area contributed by atoms with Gasteiger partial charge in [0.25, 0.3) is 0 Å². The Morgan fingerprint density at radius 1 is 1.56 bits per heavy atom. The molecule has 1 atom stereocenters. The lowest BCUT2D eigenvalue weighted by molar-refractivity contribution is -0.0560. The molecule has 2 heterocycles. The van der Waals surface area contributed by atoms with Gasteiger partial charge in [0.05, 0.1) is 6.61 Å². The van der Waals surface area contributed by atoms with Gasteiger partial charge in [0.15, 0.2) is 5.66 Å². The second-order valence-electron chi connectivity index (χ2n) is 4.40. The molecule has 0 radical (unpaired) electrons. The fourth-order valence-corrected chi connectivity index (χ4v) is 2.81. The van der Waals surface area contributed by atoms with Crippen molar-refractivity contribution < 1.29 is 14.6 Å². The van der Waals surface area contributed by atoms with Crippen LogP contribution in [0.25, 0.3) is 0 Å². The number of hydrogen-bond acceptors (Lipinski definition) is 5. The predicted octanol–water partition coefficient (Wildman–Crippen LogP) is 1.39. The molecule has 2 aliphatic rings. The summed E-state index contributed by atoms with van der Waals surface area (Å²) < 4.78 is 7.34. The van der Waals surface area contributed by atoms with E-state index in [1.54, 1.807) is 24.5 Å². The van der Waals surface area contributed by atoms with Crippen molar-refractivity contribution in [2.75, 3.05) is 6.61 Å². The van der Waals surface area contributed by atoms with E-state index in [1.165, 1.54) is 16.8 Å². The summed E-state index contributed by atoms with van der Waals surface area (Å²) in [5.41, 5.74) is 1.46. The number of hydrogen-bond donors (Lipinski definition) is 2. The third-order valence-corrected chi connectivity index (χ3v) is 3.74. The number of rotatable bonds is 1. The molecule has 0 aliphatic carbocycles. The van der Waals surface area contributed by atoms with Gasteiger partial charge in [-0.05, 0) is 32.7 Å². The van der Waals surface area contributed by atoms with Crippen molar-refractivity contribution in [1.29, 1.82) is 0 Å². The van der Waals surface area contributed by atoms with Gasteiger partial charge in [-0.15, -0.1) is 4.41 Å². The van der Waals surface area contributed by atoms with Crippen molar-refractivity contribution in [1.82, 2.24) is 14.7 Å². The highest BCUT2D eigenvalue weighted by molar-refractivity contribution is 8.00. The molecule has 0 bridgehead atoms. The van der Waals surface area contributed by atoms with Gasteiger partial charge >= 0.3 is 6.09 Å². The Morgan fingerprint density at radius 3 is 2.75 bits per heavy atom. The van der Waals surface area contributed by atoms with E-state index in [0.29, 0.717) is 6.61 Å². The van der Waals surface area contributed by atoms with Gasteiger partial charge in [0, 0.05) is 11.6 Å². The number of amides is 1. The van der Waals surface area contributed by atoms with Crippen molar-refractivity contribution in [2.45, 2.75) is 32.2 Å². The first-order chi connectivity index (χ1) is 7.38. The summed E-state index contributed by atoms with van der Waals surface area (Å²) in [6.07, 6.45) is 0.778. The van der Waals surface area contributed by atoms with Gasteiger partial charge < -0.3 is 15.3 Å². The molecule has 2 N–H and O–H groups in total. The maximum absolute atomic E-state index is 11.4. The van der Waals surface area contributed by atoms with Crippen LogP contribution in [0.4, 0.5) is 4.79 Å². The summed E-state index contributed by atoms with van der Waals surface area (Å²) in [4.78, 5) is 12.7. The number of carboxylic acid groups (broad SMARTS) is 1. The topological polar surface area (TPSA) is 65.0 Å². The summed E-state index contributed by atoms with van der Waals surface area (Å²) >= 11 is 1.42. The van der Waals surface area contributed by atoms with E-state index in [9.17, 15) is 9.90 Å². The molecule has 90 valence electrons. The second-order valence-corrected chi connectivity index (χ2v) is 5.25. The lowest BCUT2D eigenvalue weighted by atomic mass is 10.1. The van der Waals surface area contributed by atoms with Crippen LogP contribution in [-0.2, 0) is 4.74 Å². The maximum Gasteiger partial charge on any atom is 0.411 e. The van der Waals surface area contributed by atoms with Crippen LogP contribution in [0.3, 0.4) is 0 Å². The average Bonchev–Trinajstić information content (AvgIpc) is 2.72. The number of carbonyl (C=O) groups is 1. The molecular weight excluding hydrogens is 230 g/mol. The predicted molar refractivity (Wildman–Crippen MR) is 60.0 cm³/mol. The molecule has 7 heteroatoms. The van der Waals surface area contributed by atoms with Crippen molar-refractivity contribution in [3.05, 3.63) is 11.6 Å². The van der Waals surface area contributed by atoms with E-state index in [-0.39, 0.29) is 0 Å². The highest BCUT2D eigenvalue weighted by Gasteiger charge is 2.55. The lowest BCUT2D eigenvalue weighted by Gasteiger charge is -2.41. The Morgan fingerprint density at radius 2 is 2.25 bits per heavy atom. The third kappa shape index (κ3) is 1.55. The second kappa shape index (κ2) is 3.54. The Balaban J connectivity index is 2.29. The normalized spacial score (nSPS) is 33.1. The molecular formula is C9H15N3O3S. The zero-order chi connectivity index (χ0) is 12.0. The van der Waals surface area contributed by atoms with Crippen molar-refractivity contribution in [2.24, 2.45) is 0 Å². The third-order valence-electron chi connectivity index (χ3n) is 2.77. The fourth-order valence-electron chi connectivity index (χ4n) is 2.08. The molecule has 0 spiro atoms. The van der Waals surface area contributed by atoms with Crippen LogP contribution in [-0.4, -0.2) is 38.5 Å². The maximum atomic E-state index is 11.4. The minimum atomic E-state index is -0.987. The summed E-state index contributed by atoms with van der Waals surface area (Å²) in [5, 5.41) is 11.2. The van der Waals surface area contributed by atoms with Crippen LogP contribution in [0.5, 0.6) is 0 Å². The first kappa shape index (κ1) is 11.6. The molecule has 1 amide bonds. The lowest BCUT2D eigenvalue weighted by Crippen LogP contribution is -2.62. The van der Waals surface area contributed by atoms with E-state index in [2.05, 4.69) is 5.43 Å². The van der Waals surface area contributed by atoms with Crippen LogP contribution >= 0.6 is 11.9 Å². The van der Waals surface area contributed by atoms with Gasteiger partial charge in [-0.2, -0.15) is 0 Å². The van der Waals surface area contributed by atoms with Crippen LogP contribution in [0, 0.1) is 0 Å². The van der Waals surface area contributed by atoms with E-state index in [0.717, 1.165) is 0 Å². The van der Waals surface area contributed by atoms with E-state index in [4.69, 9.17) is 4.74 Å². The van der Waals surface area contributed by atoms with Gasteiger partial charge in [-0.25, -0.2) is 4.79 Å². The standard InChI is InChI=1S/C9H15N3O3S/c1-8(2)11(7(13)14)9(3,6-15-8)12-10-4-5-16-12/h4-5,10H,6H2,1-3H3,(H,13,14). The molecule has 6 nitrogen and oxygen atoms in total. The Labute approximate surface area is 98.3 Å². The van der Waals surface area contributed by atoms with Gasteiger partial charge in [-0.3, -0.25) is 4.90 Å². The first-order valence-corrected chi connectivity index (χ1v) is 5.77. The molecule has 1 fully saturated rings. The minimum Gasteiger partial charge on any atom is -0.465 e. The Bertz CT molecular complexity index is 339. The highest BCUT2D eigenvalue weighted by atomic mass is 32.2. The van der Waals surface area contributed by atoms with Crippen LogP contribution in [0.2, 0.25) is 0 Å². The van der Waals surface area contributed by atoms with Crippen molar-refractivity contribution >= 4 is 18.0 Å². The molecule has 1 saturated heterocycles. The smallest absolute Gasteiger partial charge is 0.411 e. The highest BCUT2D eigenvalue weighted by Crippen LogP contribution is 2.40. The monoisotopic (exact) mass is 245 g/mol. The molecule has 0 aromatic carbocycles. The molecule has 1 unspecified atom stereocenters. The summed E-state index contributed by atoms with van der Waals surface area (Å²) in [6, 6.07) is 0. The van der Waals surface area contributed by atoms with Gasteiger partial charge in [-0.1, -0.05) is 0 Å². The first-order valence-electron chi connectivity index (χ1n) is 4.93. The largest absolute Gasteiger partial charge is 0.465 e. The van der Waals surface area contributed by atoms with Gasteiger partial charge in [0.2, 0.25) is 0 Å². The van der Waals surface area contributed by atoms with E-state index >= 15 is 0 Å². The molecule has 0 aromatic rings. The van der Waals surface area contributed by atoms with Crippen molar-refractivity contribution in [3.63, 3.8) is 0 Å². The SMILES string of the molecule is CC1(C)OCC(C)(N2NC=CS2)N1C(=O)O. The molecule has 0 aromatic heterocycles. The van der Waals surface area contributed by atoms with E-state index in [1.807, 2.05) is 12.3 Å². The molecule has 2 rings (SSSR count). The molecule has 2 aliphatic heterocycles. The zero-order valence-corrected chi connectivity index (χ0v) is 10.2.